The largest absolute Gasteiger partial charge is 0.480 e. The van der Waals surface area contributed by atoms with Crippen molar-refractivity contribution in [3.05, 3.63) is 28.2 Å². The van der Waals surface area contributed by atoms with Crippen molar-refractivity contribution in [2.24, 2.45) is 5.92 Å². The van der Waals surface area contributed by atoms with Gasteiger partial charge in [-0.3, -0.25) is 10.1 Å². The summed E-state index contributed by atoms with van der Waals surface area (Å²) in [6.07, 6.45) is 1.91. The van der Waals surface area contributed by atoms with Gasteiger partial charge in [0, 0.05) is 21.7 Å². The number of aliphatic carboxylic acids is 1. The Morgan fingerprint density at radius 3 is 2.67 bits per heavy atom. The van der Waals surface area contributed by atoms with Crippen LogP contribution in [0.1, 0.15) is 26.7 Å². The standard InChI is InChI=1S/C15H19Cl2NO2S/c1-9(2)18-15(14(19)20,10-3-4-10)8-21-13-7-11(16)5-6-12(13)17/h5-7,9-10,18H,3-4,8H2,1-2H3,(H,19,20). The molecular formula is C15H19Cl2NO2S. The normalized spacial score (nSPS) is 17.8. The molecule has 0 spiro atoms. The van der Waals surface area contributed by atoms with Crippen LogP contribution < -0.4 is 5.32 Å². The number of hydrogen-bond donors (Lipinski definition) is 2. The highest BCUT2D eigenvalue weighted by atomic mass is 35.5. The maximum absolute atomic E-state index is 11.9. The molecule has 1 saturated carbocycles. The molecule has 0 heterocycles. The Balaban J connectivity index is 2.19. The summed E-state index contributed by atoms with van der Waals surface area (Å²) in [6, 6.07) is 5.36. The number of hydrogen-bond acceptors (Lipinski definition) is 3. The van der Waals surface area contributed by atoms with Gasteiger partial charge < -0.3 is 5.11 Å². The van der Waals surface area contributed by atoms with Gasteiger partial charge in [0.05, 0.1) is 5.02 Å². The van der Waals surface area contributed by atoms with Gasteiger partial charge in [0.2, 0.25) is 0 Å². The predicted octanol–water partition coefficient (Wildman–Crippen LogP) is 4.32. The van der Waals surface area contributed by atoms with Crippen LogP contribution in [0.4, 0.5) is 0 Å². The molecule has 116 valence electrons. The minimum atomic E-state index is -0.898. The van der Waals surface area contributed by atoms with E-state index >= 15 is 0 Å². The molecule has 0 bridgehead atoms. The molecule has 1 fully saturated rings. The van der Waals surface area contributed by atoms with Crippen molar-refractivity contribution < 1.29 is 9.90 Å². The number of carboxylic acid groups (broad SMARTS) is 1. The van der Waals surface area contributed by atoms with E-state index in [4.69, 9.17) is 23.2 Å². The highest BCUT2D eigenvalue weighted by molar-refractivity contribution is 7.99. The first-order valence-corrected chi connectivity index (χ1v) is 8.68. The zero-order chi connectivity index (χ0) is 15.6. The Morgan fingerprint density at radius 2 is 2.14 bits per heavy atom. The molecule has 21 heavy (non-hydrogen) atoms. The number of thioether (sulfide) groups is 1. The maximum atomic E-state index is 11.9. The lowest BCUT2D eigenvalue weighted by atomic mass is 9.94. The molecule has 0 amide bonds. The SMILES string of the molecule is CC(C)NC(CSc1cc(Cl)ccc1Cl)(C(=O)O)C1CC1. The van der Waals surface area contributed by atoms with E-state index in [9.17, 15) is 9.90 Å². The van der Waals surface area contributed by atoms with E-state index in [0.29, 0.717) is 15.8 Å². The van der Waals surface area contributed by atoms with E-state index in [1.165, 1.54) is 11.8 Å². The number of carbonyl (C=O) groups is 1. The highest BCUT2D eigenvalue weighted by Gasteiger charge is 2.51. The topological polar surface area (TPSA) is 49.3 Å². The van der Waals surface area contributed by atoms with Gasteiger partial charge in [-0.1, -0.05) is 23.2 Å². The second-order valence-electron chi connectivity index (χ2n) is 5.71. The Hall–Kier alpha value is -0.420. The van der Waals surface area contributed by atoms with Crippen LogP contribution in [0.3, 0.4) is 0 Å². The van der Waals surface area contributed by atoms with Crippen molar-refractivity contribution in [3.63, 3.8) is 0 Å². The molecule has 6 heteroatoms. The van der Waals surface area contributed by atoms with E-state index in [0.717, 1.165) is 17.7 Å². The molecule has 0 radical (unpaired) electrons. The van der Waals surface area contributed by atoms with Crippen LogP contribution in [0.5, 0.6) is 0 Å². The van der Waals surface area contributed by atoms with Crippen molar-refractivity contribution >= 4 is 40.9 Å². The average Bonchev–Trinajstić information content (AvgIpc) is 3.22. The molecule has 0 aliphatic heterocycles. The van der Waals surface area contributed by atoms with Crippen molar-refractivity contribution in [2.75, 3.05) is 5.75 Å². The summed E-state index contributed by atoms with van der Waals surface area (Å²) in [6.45, 7) is 3.94. The van der Waals surface area contributed by atoms with Crippen molar-refractivity contribution in [1.82, 2.24) is 5.32 Å². The van der Waals surface area contributed by atoms with E-state index in [1.54, 1.807) is 18.2 Å². The van der Waals surface area contributed by atoms with Gasteiger partial charge in [-0.05, 0) is 50.8 Å². The van der Waals surface area contributed by atoms with E-state index in [2.05, 4.69) is 5.32 Å². The Morgan fingerprint density at radius 1 is 1.48 bits per heavy atom. The summed E-state index contributed by atoms with van der Waals surface area (Å²) in [7, 11) is 0. The molecule has 2 rings (SSSR count). The number of rotatable bonds is 7. The molecule has 1 aromatic carbocycles. The molecule has 0 saturated heterocycles. The molecule has 1 unspecified atom stereocenters. The molecule has 3 nitrogen and oxygen atoms in total. The lowest BCUT2D eigenvalue weighted by molar-refractivity contribution is -0.145. The van der Waals surface area contributed by atoms with Crippen LogP contribution in [0.2, 0.25) is 10.0 Å². The Labute approximate surface area is 139 Å². The molecule has 0 aromatic heterocycles. The van der Waals surface area contributed by atoms with Crippen molar-refractivity contribution in [3.8, 4) is 0 Å². The number of carboxylic acids is 1. The van der Waals surface area contributed by atoms with Crippen LogP contribution in [0.25, 0.3) is 0 Å². The summed E-state index contributed by atoms with van der Waals surface area (Å²) in [5.41, 5.74) is -0.898. The molecular weight excluding hydrogens is 329 g/mol. The van der Waals surface area contributed by atoms with Gasteiger partial charge in [0.15, 0.2) is 0 Å². The average molecular weight is 348 g/mol. The first-order chi connectivity index (χ1) is 9.85. The fraction of sp³-hybridized carbons (Fsp3) is 0.533. The monoisotopic (exact) mass is 347 g/mol. The summed E-state index contributed by atoms with van der Waals surface area (Å²) >= 11 is 13.6. The quantitative estimate of drug-likeness (QED) is 0.721. The van der Waals surface area contributed by atoms with E-state index in [1.807, 2.05) is 13.8 Å². The Kier molecular flexibility index (Phi) is 5.47. The molecule has 1 atom stereocenters. The van der Waals surface area contributed by atoms with Gasteiger partial charge in [-0.2, -0.15) is 0 Å². The van der Waals surface area contributed by atoms with Crippen LogP contribution in [0, 0.1) is 5.92 Å². The fourth-order valence-corrected chi connectivity index (χ4v) is 4.21. The minimum Gasteiger partial charge on any atom is -0.480 e. The third-order valence-corrected chi connectivity index (χ3v) is 5.48. The smallest absolute Gasteiger partial charge is 0.325 e. The second-order valence-corrected chi connectivity index (χ2v) is 7.57. The lowest BCUT2D eigenvalue weighted by Crippen LogP contribution is -2.58. The fourth-order valence-electron chi connectivity index (χ4n) is 2.45. The van der Waals surface area contributed by atoms with Gasteiger partial charge in [-0.25, -0.2) is 0 Å². The van der Waals surface area contributed by atoms with E-state index in [-0.39, 0.29) is 12.0 Å². The lowest BCUT2D eigenvalue weighted by Gasteiger charge is -2.32. The van der Waals surface area contributed by atoms with Crippen LogP contribution in [-0.4, -0.2) is 28.4 Å². The summed E-state index contributed by atoms with van der Waals surface area (Å²) in [5.74, 6) is -0.169. The Bertz CT molecular complexity index is 534. The predicted molar refractivity (Wildman–Crippen MR) is 88.5 cm³/mol. The van der Waals surface area contributed by atoms with Gasteiger partial charge in [0.25, 0.3) is 0 Å². The molecule has 1 aromatic rings. The highest BCUT2D eigenvalue weighted by Crippen LogP contribution is 2.44. The number of benzene rings is 1. The first-order valence-electron chi connectivity index (χ1n) is 6.94. The molecule has 1 aliphatic carbocycles. The van der Waals surface area contributed by atoms with Gasteiger partial charge in [0.1, 0.15) is 5.54 Å². The first kappa shape index (κ1) is 16.9. The molecule has 1 aliphatic rings. The van der Waals surface area contributed by atoms with Crippen molar-refractivity contribution in [2.45, 2.75) is 43.2 Å². The third-order valence-electron chi connectivity index (χ3n) is 3.55. The third kappa shape index (κ3) is 4.07. The van der Waals surface area contributed by atoms with Crippen molar-refractivity contribution in [1.29, 1.82) is 0 Å². The maximum Gasteiger partial charge on any atom is 0.325 e. The second kappa shape index (κ2) is 6.78. The minimum absolute atomic E-state index is 0.108. The molecule has 2 N–H and O–H groups in total. The van der Waals surface area contributed by atoms with Crippen LogP contribution in [-0.2, 0) is 4.79 Å². The van der Waals surface area contributed by atoms with E-state index < -0.39 is 11.5 Å². The van der Waals surface area contributed by atoms with Gasteiger partial charge in [-0.15, -0.1) is 11.8 Å². The summed E-state index contributed by atoms with van der Waals surface area (Å²) < 4.78 is 0. The van der Waals surface area contributed by atoms with Crippen LogP contribution in [0.15, 0.2) is 23.1 Å². The van der Waals surface area contributed by atoms with Gasteiger partial charge >= 0.3 is 5.97 Å². The van der Waals surface area contributed by atoms with Crippen LogP contribution >= 0.6 is 35.0 Å². The zero-order valence-corrected chi connectivity index (χ0v) is 14.4. The zero-order valence-electron chi connectivity index (χ0n) is 12.0. The number of halogens is 2. The summed E-state index contributed by atoms with van der Waals surface area (Å²) in [4.78, 5) is 12.7. The summed E-state index contributed by atoms with van der Waals surface area (Å²) in [5, 5.41) is 14.2. The number of nitrogens with one attached hydrogen (secondary N) is 1.